The van der Waals surface area contributed by atoms with Gasteiger partial charge in [0.05, 0.1) is 11.9 Å². The zero-order valence-corrected chi connectivity index (χ0v) is 18.0. The van der Waals surface area contributed by atoms with Crippen molar-refractivity contribution in [1.82, 2.24) is 25.9 Å². The van der Waals surface area contributed by atoms with Crippen LogP contribution >= 0.6 is 11.6 Å². The SMILES string of the molecule is Nc1ncc(-c2cccc(C(=O)NCc3ccc(Cl)cc3)c2)nc1C(=O)N[C@H]1CCNC1. The summed E-state index contributed by atoms with van der Waals surface area (Å²) in [4.78, 5) is 33.8. The van der Waals surface area contributed by atoms with Crippen molar-refractivity contribution in [2.75, 3.05) is 18.8 Å². The predicted molar refractivity (Wildman–Crippen MR) is 123 cm³/mol. The van der Waals surface area contributed by atoms with Crippen LogP contribution in [0, 0.1) is 0 Å². The van der Waals surface area contributed by atoms with Crippen molar-refractivity contribution in [3.05, 3.63) is 76.6 Å². The van der Waals surface area contributed by atoms with Crippen LogP contribution in [0.15, 0.2) is 54.7 Å². The van der Waals surface area contributed by atoms with Gasteiger partial charge < -0.3 is 21.7 Å². The van der Waals surface area contributed by atoms with E-state index >= 15 is 0 Å². The zero-order chi connectivity index (χ0) is 22.5. The molecule has 5 N–H and O–H groups in total. The summed E-state index contributed by atoms with van der Waals surface area (Å²) in [5.41, 5.74) is 8.51. The maximum Gasteiger partial charge on any atom is 0.274 e. The van der Waals surface area contributed by atoms with Crippen LogP contribution in [0.25, 0.3) is 11.3 Å². The molecule has 0 spiro atoms. The number of amides is 2. The Morgan fingerprint density at radius 3 is 2.72 bits per heavy atom. The van der Waals surface area contributed by atoms with Crippen molar-refractivity contribution >= 4 is 29.2 Å². The molecule has 0 bridgehead atoms. The molecule has 4 rings (SSSR count). The minimum Gasteiger partial charge on any atom is -0.382 e. The maximum atomic E-state index is 12.6. The summed E-state index contributed by atoms with van der Waals surface area (Å²) < 4.78 is 0. The number of hydrogen-bond donors (Lipinski definition) is 4. The molecule has 0 saturated carbocycles. The predicted octanol–water partition coefficient (Wildman–Crippen LogP) is 2.40. The van der Waals surface area contributed by atoms with Gasteiger partial charge in [-0.05, 0) is 42.8 Å². The summed E-state index contributed by atoms with van der Waals surface area (Å²) >= 11 is 5.89. The Morgan fingerprint density at radius 1 is 1.16 bits per heavy atom. The molecule has 1 aromatic heterocycles. The Bertz CT molecular complexity index is 1130. The Kier molecular flexibility index (Phi) is 6.63. The molecule has 0 unspecified atom stereocenters. The molecule has 3 aromatic rings. The van der Waals surface area contributed by atoms with E-state index in [2.05, 4.69) is 25.9 Å². The van der Waals surface area contributed by atoms with E-state index in [1.165, 1.54) is 6.20 Å². The normalized spacial score (nSPS) is 15.3. The molecule has 0 radical (unpaired) electrons. The molecular weight excluding hydrogens is 428 g/mol. The first-order chi connectivity index (χ1) is 15.5. The highest BCUT2D eigenvalue weighted by Gasteiger charge is 2.21. The minimum atomic E-state index is -0.359. The number of nitrogens with zero attached hydrogens (tertiary/aromatic N) is 2. The lowest BCUT2D eigenvalue weighted by molar-refractivity contribution is 0.0932. The Labute approximate surface area is 190 Å². The monoisotopic (exact) mass is 450 g/mol. The number of carbonyl (C=O) groups excluding carboxylic acids is 2. The average Bonchev–Trinajstić information content (AvgIpc) is 3.32. The van der Waals surface area contributed by atoms with E-state index in [0.29, 0.717) is 34.9 Å². The first kappa shape index (κ1) is 21.7. The van der Waals surface area contributed by atoms with E-state index in [4.69, 9.17) is 17.3 Å². The summed E-state index contributed by atoms with van der Waals surface area (Å²) in [7, 11) is 0. The van der Waals surface area contributed by atoms with Crippen LogP contribution in [0.5, 0.6) is 0 Å². The number of anilines is 1. The van der Waals surface area contributed by atoms with Gasteiger partial charge in [-0.25, -0.2) is 9.97 Å². The molecule has 1 fully saturated rings. The molecule has 1 atom stereocenters. The van der Waals surface area contributed by atoms with Crippen molar-refractivity contribution in [2.45, 2.75) is 19.0 Å². The minimum absolute atomic E-state index is 0.0417. The zero-order valence-electron chi connectivity index (χ0n) is 17.3. The van der Waals surface area contributed by atoms with Crippen LogP contribution < -0.4 is 21.7 Å². The van der Waals surface area contributed by atoms with Crippen LogP contribution in [-0.4, -0.2) is 40.9 Å². The van der Waals surface area contributed by atoms with Gasteiger partial charge in [-0.15, -0.1) is 0 Å². The maximum absolute atomic E-state index is 12.6. The van der Waals surface area contributed by atoms with E-state index in [0.717, 1.165) is 18.5 Å². The topological polar surface area (TPSA) is 122 Å². The third kappa shape index (κ3) is 5.22. The van der Waals surface area contributed by atoms with Crippen LogP contribution in [-0.2, 0) is 6.54 Å². The largest absolute Gasteiger partial charge is 0.382 e. The Balaban J connectivity index is 1.49. The van der Waals surface area contributed by atoms with Crippen LogP contribution in [0.4, 0.5) is 5.82 Å². The fourth-order valence-corrected chi connectivity index (χ4v) is 3.57. The van der Waals surface area contributed by atoms with Gasteiger partial charge in [0.15, 0.2) is 11.5 Å². The van der Waals surface area contributed by atoms with Crippen molar-refractivity contribution in [3.63, 3.8) is 0 Å². The second-order valence-corrected chi connectivity index (χ2v) is 7.98. The number of nitrogen functional groups attached to an aromatic ring is 1. The van der Waals surface area contributed by atoms with Gasteiger partial charge in [-0.1, -0.05) is 35.9 Å². The van der Waals surface area contributed by atoms with Gasteiger partial charge >= 0.3 is 0 Å². The molecule has 1 aliphatic heterocycles. The molecule has 8 nitrogen and oxygen atoms in total. The molecule has 32 heavy (non-hydrogen) atoms. The lowest BCUT2D eigenvalue weighted by atomic mass is 10.1. The highest BCUT2D eigenvalue weighted by Crippen LogP contribution is 2.20. The van der Waals surface area contributed by atoms with Gasteiger partial charge in [-0.3, -0.25) is 9.59 Å². The molecule has 164 valence electrons. The van der Waals surface area contributed by atoms with E-state index in [1.807, 2.05) is 12.1 Å². The van der Waals surface area contributed by atoms with Gasteiger partial charge in [0, 0.05) is 35.3 Å². The number of benzene rings is 2. The fraction of sp³-hybridized carbons (Fsp3) is 0.217. The van der Waals surface area contributed by atoms with E-state index in [1.54, 1.807) is 36.4 Å². The van der Waals surface area contributed by atoms with E-state index in [-0.39, 0.29) is 29.4 Å². The molecule has 2 aromatic carbocycles. The Hall–Kier alpha value is -3.49. The molecule has 1 saturated heterocycles. The summed E-state index contributed by atoms with van der Waals surface area (Å²) in [6.45, 7) is 1.95. The first-order valence-electron chi connectivity index (χ1n) is 10.3. The number of carbonyl (C=O) groups is 2. The lowest BCUT2D eigenvalue weighted by Crippen LogP contribution is -2.37. The molecule has 2 amide bonds. The number of hydrogen-bond acceptors (Lipinski definition) is 6. The Morgan fingerprint density at radius 2 is 1.97 bits per heavy atom. The summed E-state index contributed by atoms with van der Waals surface area (Å²) in [5, 5.41) is 9.65. The van der Waals surface area contributed by atoms with E-state index in [9.17, 15) is 9.59 Å². The second-order valence-electron chi connectivity index (χ2n) is 7.54. The summed E-state index contributed by atoms with van der Waals surface area (Å²) in [5.74, 6) is -0.520. The third-order valence-corrected chi connectivity index (χ3v) is 5.45. The average molecular weight is 451 g/mol. The van der Waals surface area contributed by atoms with Crippen LogP contribution in [0.2, 0.25) is 5.02 Å². The molecule has 1 aliphatic rings. The number of aromatic nitrogens is 2. The smallest absolute Gasteiger partial charge is 0.274 e. The standard InChI is InChI=1S/C23H23ClN6O2/c24-17-6-4-14(5-7-17)11-28-22(31)16-3-1-2-15(10-16)19-13-27-21(25)20(30-19)23(32)29-18-8-9-26-12-18/h1-7,10,13,18,26H,8-9,11-12H2,(H2,25,27)(H,28,31)(H,29,32)/t18-/m0/s1. The summed E-state index contributed by atoms with van der Waals surface area (Å²) in [6.07, 6.45) is 2.35. The molecular formula is C23H23ClN6O2. The number of nitrogens with one attached hydrogen (secondary N) is 3. The van der Waals surface area contributed by atoms with Crippen LogP contribution in [0.1, 0.15) is 32.8 Å². The highest BCUT2D eigenvalue weighted by atomic mass is 35.5. The number of rotatable bonds is 6. The van der Waals surface area contributed by atoms with Crippen molar-refractivity contribution in [1.29, 1.82) is 0 Å². The van der Waals surface area contributed by atoms with Gasteiger partial charge in [0.2, 0.25) is 0 Å². The quantitative estimate of drug-likeness (QED) is 0.457. The second kappa shape index (κ2) is 9.76. The van der Waals surface area contributed by atoms with E-state index < -0.39 is 0 Å². The molecule has 2 heterocycles. The highest BCUT2D eigenvalue weighted by molar-refractivity contribution is 6.30. The van der Waals surface area contributed by atoms with Gasteiger partial charge in [0.25, 0.3) is 11.8 Å². The summed E-state index contributed by atoms with van der Waals surface area (Å²) in [6, 6.07) is 14.3. The molecule has 0 aliphatic carbocycles. The first-order valence-corrected chi connectivity index (χ1v) is 10.6. The van der Waals surface area contributed by atoms with Crippen molar-refractivity contribution in [3.8, 4) is 11.3 Å². The molecule has 9 heteroatoms. The lowest BCUT2D eigenvalue weighted by Gasteiger charge is -2.12. The van der Waals surface area contributed by atoms with Gasteiger partial charge in [-0.2, -0.15) is 0 Å². The van der Waals surface area contributed by atoms with Crippen LogP contribution in [0.3, 0.4) is 0 Å². The third-order valence-electron chi connectivity index (χ3n) is 5.20. The number of halogens is 1. The van der Waals surface area contributed by atoms with Crippen molar-refractivity contribution in [2.24, 2.45) is 0 Å². The van der Waals surface area contributed by atoms with Gasteiger partial charge in [0.1, 0.15) is 0 Å². The fourth-order valence-electron chi connectivity index (χ4n) is 3.44. The number of nitrogens with two attached hydrogens (primary N) is 1. The van der Waals surface area contributed by atoms with Crippen molar-refractivity contribution < 1.29 is 9.59 Å².